The standard InChI is InChI=1S/C24H23Cl2N5O2S/c1-2-13-31-22(20-12-7-14-30(20)23(33)16-8-3-4-9-17(16)25)28-29-24(31)34-15-21(32)27-19-11-6-5-10-18(19)26/h2-6,8-11,20H,1,7,12-15H2,(H,27,32). The van der Waals surface area contributed by atoms with Crippen LogP contribution in [-0.4, -0.2) is 43.8 Å². The number of carbonyl (C=O) groups is 2. The molecule has 1 saturated heterocycles. The number of benzene rings is 2. The number of amides is 2. The van der Waals surface area contributed by atoms with Crippen LogP contribution in [0.5, 0.6) is 0 Å². The second-order valence-corrected chi connectivity index (χ2v) is 9.45. The molecule has 0 radical (unpaired) electrons. The quantitative estimate of drug-likeness (QED) is 0.317. The highest BCUT2D eigenvalue weighted by atomic mass is 35.5. The number of aromatic nitrogens is 3. The second-order valence-electron chi connectivity index (χ2n) is 7.69. The van der Waals surface area contributed by atoms with E-state index in [-0.39, 0.29) is 23.6 Å². The van der Waals surface area contributed by atoms with E-state index in [1.54, 1.807) is 59.5 Å². The average molecular weight is 516 g/mol. The van der Waals surface area contributed by atoms with E-state index in [2.05, 4.69) is 22.1 Å². The topological polar surface area (TPSA) is 80.1 Å². The van der Waals surface area contributed by atoms with Crippen LogP contribution in [0.4, 0.5) is 5.69 Å². The number of anilines is 1. The first-order valence-electron chi connectivity index (χ1n) is 10.8. The molecule has 2 aromatic carbocycles. The van der Waals surface area contributed by atoms with Crippen LogP contribution < -0.4 is 5.32 Å². The van der Waals surface area contributed by atoms with Crippen LogP contribution in [-0.2, 0) is 11.3 Å². The van der Waals surface area contributed by atoms with Gasteiger partial charge in [0.25, 0.3) is 5.91 Å². The van der Waals surface area contributed by atoms with Gasteiger partial charge in [-0.3, -0.25) is 9.59 Å². The van der Waals surface area contributed by atoms with E-state index < -0.39 is 0 Å². The summed E-state index contributed by atoms with van der Waals surface area (Å²) in [5, 5.41) is 13.0. The second kappa shape index (κ2) is 11.1. The number of halogens is 2. The zero-order valence-electron chi connectivity index (χ0n) is 18.3. The van der Waals surface area contributed by atoms with Gasteiger partial charge >= 0.3 is 0 Å². The molecule has 0 spiro atoms. The van der Waals surface area contributed by atoms with E-state index in [0.717, 1.165) is 12.8 Å². The largest absolute Gasteiger partial charge is 0.328 e. The molecule has 1 aromatic heterocycles. The summed E-state index contributed by atoms with van der Waals surface area (Å²) >= 11 is 13.7. The van der Waals surface area contributed by atoms with E-state index in [1.165, 1.54) is 11.8 Å². The number of nitrogens with zero attached hydrogens (tertiary/aromatic N) is 4. The van der Waals surface area contributed by atoms with Gasteiger partial charge in [0.05, 0.1) is 33.1 Å². The molecule has 0 saturated carbocycles. The SMILES string of the molecule is C=CCn1c(SCC(=O)Nc2ccccc2Cl)nnc1C1CCCN1C(=O)c1ccccc1Cl. The Balaban J connectivity index is 1.51. The molecular weight excluding hydrogens is 493 g/mol. The molecule has 1 atom stereocenters. The summed E-state index contributed by atoms with van der Waals surface area (Å²) in [5.41, 5.74) is 1.03. The third kappa shape index (κ3) is 5.29. The summed E-state index contributed by atoms with van der Waals surface area (Å²) in [4.78, 5) is 27.5. The smallest absolute Gasteiger partial charge is 0.255 e. The number of rotatable bonds is 8. The maximum Gasteiger partial charge on any atom is 0.255 e. The van der Waals surface area contributed by atoms with Crippen molar-refractivity contribution in [1.29, 1.82) is 0 Å². The number of para-hydroxylation sites is 1. The molecule has 1 aliphatic heterocycles. The van der Waals surface area contributed by atoms with E-state index >= 15 is 0 Å². The maximum atomic E-state index is 13.2. The van der Waals surface area contributed by atoms with Gasteiger partial charge in [0.2, 0.25) is 5.91 Å². The van der Waals surface area contributed by atoms with Gasteiger partial charge in [-0.25, -0.2) is 0 Å². The number of likely N-dealkylation sites (tertiary alicyclic amines) is 1. The van der Waals surface area contributed by atoms with E-state index in [1.807, 2.05) is 4.57 Å². The first-order valence-corrected chi connectivity index (χ1v) is 12.5. The van der Waals surface area contributed by atoms with Crippen molar-refractivity contribution in [3.8, 4) is 0 Å². The van der Waals surface area contributed by atoms with Gasteiger partial charge in [-0.05, 0) is 37.1 Å². The lowest BCUT2D eigenvalue weighted by Gasteiger charge is -2.25. The average Bonchev–Trinajstić information content (AvgIpc) is 3.46. The van der Waals surface area contributed by atoms with Crippen molar-refractivity contribution in [3.63, 3.8) is 0 Å². The summed E-state index contributed by atoms with van der Waals surface area (Å²) in [6, 6.07) is 13.9. The Labute approximate surface area is 212 Å². The van der Waals surface area contributed by atoms with Gasteiger partial charge in [-0.2, -0.15) is 0 Å². The first kappa shape index (κ1) is 24.3. The van der Waals surface area contributed by atoms with Crippen LogP contribution in [0, 0.1) is 0 Å². The predicted molar refractivity (Wildman–Crippen MR) is 135 cm³/mol. The van der Waals surface area contributed by atoms with E-state index in [0.29, 0.717) is 45.4 Å². The minimum atomic E-state index is -0.234. The molecule has 0 aliphatic carbocycles. The highest BCUT2D eigenvalue weighted by Gasteiger charge is 2.35. The van der Waals surface area contributed by atoms with Crippen LogP contribution >= 0.6 is 35.0 Å². The molecule has 10 heteroatoms. The Kier molecular flexibility index (Phi) is 7.92. The summed E-state index contributed by atoms with van der Waals surface area (Å²) in [7, 11) is 0. The molecule has 2 amide bonds. The van der Waals surface area contributed by atoms with Gasteiger partial charge in [-0.15, -0.1) is 16.8 Å². The zero-order valence-corrected chi connectivity index (χ0v) is 20.6. The van der Waals surface area contributed by atoms with E-state index in [4.69, 9.17) is 23.2 Å². The summed E-state index contributed by atoms with van der Waals surface area (Å²) in [6.07, 6.45) is 3.36. The van der Waals surface area contributed by atoms with Crippen molar-refractivity contribution in [1.82, 2.24) is 19.7 Å². The number of nitrogens with one attached hydrogen (secondary N) is 1. The van der Waals surface area contributed by atoms with Crippen LogP contribution in [0.25, 0.3) is 0 Å². The molecule has 1 unspecified atom stereocenters. The predicted octanol–water partition coefficient (Wildman–Crippen LogP) is 5.48. The van der Waals surface area contributed by atoms with Gasteiger partial charge in [0, 0.05) is 13.1 Å². The van der Waals surface area contributed by atoms with Crippen LogP contribution in [0.2, 0.25) is 10.0 Å². The summed E-state index contributed by atoms with van der Waals surface area (Å²) in [5.74, 6) is 0.471. The molecule has 1 N–H and O–H groups in total. The third-order valence-electron chi connectivity index (χ3n) is 5.45. The molecule has 34 heavy (non-hydrogen) atoms. The summed E-state index contributed by atoms with van der Waals surface area (Å²) in [6.45, 7) is 4.91. The van der Waals surface area contributed by atoms with Crippen LogP contribution in [0.3, 0.4) is 0 Å². The number of allylic oxidation sites excluding steroid dienone is 1. The maximum absolute atomic E-state index is 13.2. The van der Waals surface area contributed by atoms with Crippen LogP contribution in [0.15, 0.2) is 66.3 Å². The Morgan fingerprint density at radius 2 is 1.85 bits per heavy atom. The monoisotopic (exact) mass is 515 g/mol. The first-order chi connectivity index (χ1) is 16.5. The fourth-order valence-electron chi connectivity index (χ4n) is 3.90. The fraction of sp³-hybridized carbons (Fsp3) is 0.250. The van der Waals surface area contributed by atoms with Crippen molar-refractivity contribution >= 4 is 52.5 Å². The third-order valence-corrected chi connectivity index (χ3v) is 7.08. The molecule has 1 fully saturated rings. The fourth-order valence-corrected chi connectivity index (χ4v) is 5.05. The van der Waals surface area contributed by atoms with Crippen LogP contribution in [0.1, 0.15) is 35.1 Å². The van der Waals surface area contributed by atoms with E-state index in [9.17, 15) is 9.59 Å². The number of carbonyl (C=O) groups excluding carboxylic acids is 2. The van der Waals surface area contributed by atoms with Gasteiger partial charge in [0.1, 0.15) is 0 Å². The van der Waals surface area contributed by atoms with Gasteiger partial charge in [0.15, 0.2) is 11.0 Å². The zero-order chi connectivity index (χ0) is 24.1. The van der Waals surface area contributed by atoms with Crippen molar-refractivity contribution < 1.29 is 9.59 Å². The van der Waals surface area contributed by atoms with Crippen molar-refractivity contribution in [2.24, 2.45) is 0 Å². The minimum Gasteiger partial charge on any atom is -0.328 e. The number of hydrogen-bond donors (Lipinski definition) is 1. The lowest BCUT2D eigenvalue weighted by atomic mass is 10.1. The highest BCUT2D eigenvalue weighted by Crippen LogP contribution is 2.35. The van der Waals surface area contributed by atoms with Gasteiger partial charge in [-0.1, -0.05) is 65.3 Å². The van der Waals surface area contributed by atoms with Crippen molar-refractivity contribution in [3.05, 3.63) is 82.6 Å². The lowest BCUT2D eigenvalue weighted by Crippen LogP contribution is -2.32. The Morgan fingerprint density at radius 3 is 2.59 bits per heavy atom. The Hall–Kier alpha value is -2.81. The molecule has 176 valence electrons. The molecule has 4 rings (SSSR count). The van der Waals surface area contributed by atoms with Crippen molar-refractivity contribution in [2.75, 3.05) is 17.6 Å². The summed E-state index contributed by atoms with van der Waals surface area (Å²) < 4.78 is 1.91. The van der Waals surface area contributed by atoms with Gasteiger partial charge < -0.3 is 14.8 Å². The Bertz CT molecular complexity index is 1220. The minimum absolute atomic E-state index is 0.130. The molecule has 3 aromatic rings. The molecule has 2 heterocycles. The highest BCUT2D eigenvalue weighted by molar-refractivity contribution is 7.99. The van der Waals surface area contributed by atoms with Crippen molar-refractivity contribution in [2.45, 2.75) is 30.6 Å². The molecule has 1 aliphatic rings. The Morgan fingerprint density at radius 1 is 1.12 bits per heavy atom. The molecule has 7 nitrogen and oxygen atoms in total. The number of thioether (sulfide) groups is 1. The normalized spacial score (nSPS) is 15.4. The number of hydrogen-bond acceptors (Lipinski definition) is 5. The lowest BCUT2D eigenvalue weighted by molar-refractivity contribution is -0.113. The molecule has 0 bridgehead atoms. The molecular formula is C24H23Cl2N5O2S.